The molecule has 0 unspecified atom stereocenters. The summed E-state index contributed by atoms with van der Waals surface area (Å²) in [5.74, 6) is -0.654. The first-order valence-corrected chi connectivity index (χ1v) is 9.03. The Bertz CT molecular complexity index is 942. The number of nitrogens with one attached hydrogen (secondary N) is 1. The van der Waals surface area contributed by atoms with Gasteiger partial charge in [0.15, 0.2) is 0 Å². The van der Waals surface area contributed by atoms with Gasteiger partial charge in [0, 0.05) is 28.8 Å². The molecule has 3 rings (SSSR count). The Balaban J connectivity index is 2.00. The maximum atomic E-state index is 12.9. The van der Waals surface area contributed by atoms with E-state index in [1.54, 1.807) is 22.7 Å². The zero-order chi connectivity index (χ0) is 18.7. The van der Waals surface area contributed by atoms with Gasteiger partial charge in [0.2, 0.25) is 0 Å². The summed E-state index contributed by atoms with van der Waals surface area (Å²) >= 11 is 5.98. The second-order valence-electron chi connectivity index (χ2n) is 6.68. The van der Waals surface area contributed by atoms with E-state index >= 15 is 0 Å². The van der Waals surface area contributed by atoms with E-state index in [1.165, 1.54) is 0 Å². The average molecular weight is 369 g/mol. The van der Waals surface area contributed by atoms with Gasteiger partial charge >= 0.3 is 0 Å². The summed E-state index contributed by atoms with van der Waals surface area (Å²) in [4.78, 5) is 25.3. The Labute approximate surface area is 157 Å². The molecule has 0 fully saturated rings. The number of amides is 1. The number of benzene rings is 1. The van der Waals surface area contributed by atoms with Crippen LogP contribution in [0.4, 0.5) is 0 Å². The molecular formula is C21H21ClN2O2. The van der Waals surface area contributed by atoms with Gasteiger partial charge in [0.25, 0.3) is 11.7 Å². The number of carbonyl (C=O) groups is 2. The number of pyridine rings is 1. The van der Waals surface area contributed by atoms with Crippen molar-refractivity contribution in [3.05, 3.63) is 65.4 Å². The van der Waals surface area contributed by atoms with Crippen LogP contribution in [-0.4, -0.2) is 22.6 Å². The van der Waals surface area contributed by atoms with Crippen LogP contribution in [0, 0.1) is 5.92 Å². The van der Waals surface area contributed by atoms with E-state index < -0.39 is 11.7 Å². The Kier molecular flexibility index (Phi) is 5.43. The number of nitrogens with zero attached hydrogens (tertiary/aromatic N) is 1. The van der Waals surface area contributed by atoms with Crippen molar-refractivity contribution in [2.75, 3.05) is 6.54 Å². The van der Waals surface area contributed by atoms with Crippen LogP contribution >= 0.6 is 11.6 Å². The molecule has 1 N–H and O–H groups in total. The summed E-state index contributed by atoms with van der Waals surface area (Å²) in [6.45, 7) is 4.64. The quantitative estimate of drug-likeness (QED) is 0.510. The van der Waals surface area contributed by atoms with Gasteiger partial charge in [-0.05, 0) is 48.2 Å². The molecule has 0 saturated heterocycles. The predicted molar refractivity (Wildman–Crippen MR) is 105 cm³/mol. The minimum Gasteiger partial charge on any atom is -0.349 e. The van der Waals surface area contributed by atoms with Crippen LogP contribution in [0.1, 0.15) is 30.8 Å². The highest BCUT2D eigenvalue weighted by Gasteiger charge is 2.24. The van der Waals surface area contributed by atoms with E-state index in [1.807, 2.05) is 36.4 Å². The number of Topliss-reactive ketones (excluding diaryl/α,β-unsaturated/α-hetero) is 1. The van der Waals surface area contributed by atoms with Gasteiger partial charge in [0.05, 0.1) is 0 Å². The first-order valence-electron chi connectivity index (χ1n) is 8.66. The fourth-order valence-corrected chi connectivity index (χ4v) is 2.99. The molecule has 0 radical (unpaired) electrons. The zero-order valence-electron chi connectivity index (χ0n) is 14.8. The summed E-state index contributed by atoms with van der Waals surface area (Å²) < 4.78 is 1.76. The second kappa shape index (κ2) is 7.75. The van der Waals surface area contributed by atoms with Crippen LogP contribution in [0.15, 0.2) is 54.7 Å². The van der Waals surface area contributed by atoms with Gasteiger partial charge in [-0.1, -0.05) is 43.6 Å². The highest BCUT2D eigenvalue weighted by Crippen LogP contribution is 2.29. The van der Waals surface area contributed by atoms with Gasteiger partial charge in [-0.25, -0.2) is 0 Å². The number of hydrogen-bond acceptors (Lipinski definition) is 2. The maximum absolute atomic E-state index is 12.9. The molecule has 1 aromatic carbocycles. The first-order chi connectivity index (χ1) is 12.5. The summed E-state index contributed by atoms with van der Waals surface area (Å²) in [6, 6.07) is 14.8. The number of hydrogen-bond donors (Lipinski definition) is 1. The Morgan fingerprint density at radius 1 is 1.12 bits per heavy atom. The van der Waals surface area contributed by atoms with Gasteiger partial charge in [-0.3, -0.25) is 9.59 Å². The molecule has 0 aliphatic carbocycles. The van der Waals surface area contributed by atoms with Gasteiger partial charge in [-0.2, -0.15) is 0 Å². The molecule has 5 heteroatoms. The van der Waals surface area contributed by atoms with Crippen LogP contribution in [0.2, 0.25) is 5.02 Å². The molecule has 0 spiro atoms. The molecule has 0 atom stereocenters. The Hall–Kier alpha value is -2.59. The van der Waals surface area contributed by atoms with Crippen LogP contribution in [-0.2, 0) is 4.79 Å². The number of halogens is 1. The monoisotopic (exact) mass is 368 g/mol. The molecule has 0 aliphatic rings. The molecular weight excluding hydrogens is 348 g/mol. The lowest BCUT2D eigenvalue weighted by Crippen LogP contribution is -2.33. The van der Waals surface area contributed by atoms with Gasteiger partial charge in [0.1, 0.15) is 5.69 Å². The van der Waals surface area contributed by atoms with E-state index in [9.17, 15) is 9.59 Å². The van der Waals surface area contributed by atoms with Crippen molar-refractivity contribution in [3.63, 3.8) is 0 Å². The van der Waals surface area contributed by atoms with Crippen molar-refractivity contribution >= 4 is 28.8 Å². The van der Waals surface area contributed by atoms with E-state index in [0.717, 1.165) is 23.1 Å². The van der Waals surface area contributed by atoms with Crippen LogP contribution in [0.3, 0.4) is 0 Å². The average Bonchev–Trinajstić information content (AvgIpc) is 3.00. The third-order valence-corrected chi connectivity index (χ3v) is 4.52. The van der Waals surface area contributed by atoms with E-state index in [-0.39, 0.29) is 0 Å². The fourth-order valence-electron chi connectivity index (χ4n) is 2.87. The van der Waals surface area contributed by atoms with Gasteiger partial charge in [-0.15, -0.1) is 0 Å². The maximum Gasteiger partial charge on any atom is 0.294 e. The molecule has 3 aromatic rings. The normalized spacial score (nSPS) is 11.1. The third kappa shape index (κ3) is 3.81. The standard InChI is InChI=1S/C21H21ClN2O2/c1-14(2)10-11-23-21(26)20(25)19-18(15-6-8-16(22)9-7-15)13-17-5-3-4-12-24(17)19/h3-9,12-14H,10-11H2,1-2H3,(H,23,26). The summed E-state index contributed by atoms with van der Waals surface area (Å²) in [5, 5.41) is 3.35. The summed E-state index contributed by atoms with van der Waals surface area (Å²) in [5.41, 5.74) is 2.79. The Morgan fingerprint density at radius 2 is 1.85 bits per heavy atom. The third-order valence-electron chi connectivity index (χ3n) is 4.26. The molecule has 0 aliphatic heterocycles. The van der Waals surface area contributed by atoms with Crippen molar-refractivity contribution in [1.82, 2.24) is 9.72 Å². The van der Waals surface area contributed by atoms with E-state index in [4.69, 9.17) is 11.6 Å². The number of carbonyl (C=O) groups excluding carboxylic acids is 2. The van der Waals surface area contributed by atoms with E-state index in [2.05, 4.69) is 19.2 Å². The van der Waals surface area contributed by atoms with Crippen LogP contribution < -0.4 is 5.32 Å². The highest BCUT2D eigenvalue weighted by atomic mass is 35.5. The SMILES string of the molecule is CC(C)CCNC(=O)C(=O)c1c(-c2ccc(Cl)cc2)cc2ccccn12. The lowest BCUT2D eigenvalue weighted by molar-refractivity contribution is -0.117. The number of rotatable bonds is 6. The van der Waals surface area contributed by atoms with Crippen molar-refractivity contribution < 1.29 is 9.59 Å². The molecule has 134 valence electrons. The minimum atomic E-state index is -0.579. The molecule has 4 nitrogen and oxygen atoms in total. The molecule has 2 aromatic heterocycles. The number of aromatic nitrogens is 1. The second-order valence-corrected chi connectivity index (χ2v) is 7.11. The largest absolute Gasteiger partial charge is 0.349 e. The first kappa shape index (κ1) is 18.2. The molecule has 0 saturated carbocycles. The molecule has 0 bridgehead atoms. The fraction of sp³-hybridized carbons (Fsp3) is 0.238. The summed E-state index contributed by atoms with van der Waals surface area (Å²) in [6.07, 6.45) is 2.63. The Morgan fingerprint density at radius 3 is 2.54 bits per heavy atom. The van der Waals surface area contributed by atoms with Crippen molar-refractivity contribution in [2.24, 2.45) is 5.92 Å². The number of fused-ring (bicyclic) bond motifs is 1. The predicted octanol–water partition coefficient (Wildman–Crippen LogP) is 4.60. The molecule has 26 heavy (non-hydrogen) atoms. The zero-order valence-corrected chi connectivity index (χ0v) is 15.6. The summed E-state index contributed by atoms with van der Waals surface area (Å²) in [7, 11) is 0. The van der Waals surface area contributed by atoms with Gasteiger partial charge < -0.3 is 9.72 Å². The lowest BCUT2D eigenvalue weighted by Gasteiger charge is -2.09. The lowest BCUT2D eigenvalue weighted by atomic mass is 10.0. The highest BCUT2D eigenvalue weighted by molar-refractivity contribution is 6.43. The van der Waals surface area contributed by atoms with E-state index in [0.29, 0.717) is 23.2 Å². The van der Waals surface area contributed by atoms with Crippen molar-refractivity contribution in [1.29, 1.82) is 0 Å². The van der Waals surface area contributed by atoms with Crippen molar-refractivity contribution in [2.45, 2.75) is 20.3 Å². The van der Waals surface area contributed by atoms with Crippen LogP contribution in [0.25, 0.3) is 16.6 Å². The molecule has 1 amide bonds. The number of ketones is 1. The molecule has 2 heterocycles. The van der Waals surface area contributed by atoms with Crippen LogP contribution in [0.5, 0.6) is 0 Å². The van der Waals surface area contributed by atoms with Crippen molar-refractivity contribution in [3.8, 4) is 11.1 Å². The minimum absolute atomic E-state index is 0.366. The topological polar surface area (TPSA) is 50.6 Å². The smallest absolute Gasteiger partial charge is 0.294 e.